The summed E-state index contributed by atoms with van der Waals surface area (Å²) in [5, 5.41) is 3.14. The predicted octanol–water partition coefficient (Wildman–Crippen LogP) is 2.40. The fraction of sp³-hybridized carbons (Fsp3) is 0.714. The Morgan fingerprint density at radius 2 is 2.00 bits per heavy atom. The van der Waals surface area contributed by atoms with Crippen LogP contribution >= 0.6 is 0 Å². The van der Waals surface area contributed by atoms with E-state index in [9.17, 15) is 0 Å². The summed E-state index contributed by atoms with van der Waals surface area (Å²) in [6.07, 6.45) is 0. The lowest BCUT2D eigenvalue weighted by Gasteiger charge is -2.12. The minimum atomic E-state index is 0.808. The van der Waals surface area contributed by atoms with Gasteiger partial charge in [0.2, 0.25) is 0 Å². The van der Waals surface area contributed by atoms with Gasteiger partial charge in [0.25, 0.3) is 0 Å². The van der Waals surface area contributed by atoms with Gasteiger partial charge in [-0.05, 0) is 37.4 Å². The largest absolute Gasteiger partial charge is 0.463 e. The molecule has 1 aliphatic rings. The molecule has 0 radical (unpaired) electrons. The van der Waals surface area contributed by atoms with Crippen molar-refractivity contribution < 1.29 is 4.42 Å². The molecule has 2 rings (SSSR count). The van der Waals surface area contributed by atoms with Gasteiger partial charge in [0.15, 0.2) is 0 Å². The van der Waals surface area contributed by atoms with Crippen molar-refractivity contribution in [2.45, 2.75) is 33.9 Å². The Kier molecular flexibility index (Phi) is 3.89. The van der Waals surface area contributed by atoms with E-state index < -0.39 is 0 Å². The molecule has 0 spiro atoms. The molecule has 1 saturated heterocycles. The predicted molar refractivity (Wildman–Crippen MR) is 69.8 cm³/mol. The first-order valence-electron chi connectivity index (χ1n) is 6.55. The number of aryl methyl sites for hydroxylation is 1. The third kappa shape index (κ3) is 2.90. The molecule has 1 aromatic rings. The molecule has 2 heterocycles. The second kappa shape index (κ2) is 5.23. The molecule has 2 atom stereocenters. The summed E-state index contributed by atoms with van der Waals surface area (Å²) >= 11 is 0. The lowest BCUT2D eigenvalue weighted by atomic mass is 10.0. The molecule has 1 N–H and O–H groups in total. The summed E-state index contributed by atoms with van der Waals surface area (Å²) in [7, 11) is 1.95. The quantitative estimate of drug-likeness (QED) is 0.870. The van der Waals surface area contributed by atoms with Crippen molar-refractivity contribution >= 4 is 0 Å². The molecule has 2 unspecified atom stereocenters. The molecule has 0 amide bonds. The van der Waals surface area contributed by atoms with Crippen molar-refractivity contribution in [2.24, 2.45) is 11.8 Å². The fourth-order valence-electron chi connectivity index (χ4n) is 2.60. The van der Waals surface area contributed by atoms with E-state index in [-0.39, 0.29) is 0 Å². The second-order valence-electron chi connectivity index (χ2n) is 5.50. The monoisotopic (exact) mass is 236 g/mol. The average Bonchev–Trinajstić information content (AvgIpc) is 2.73. The maximum atomic E-state index is 5.88. The highest BCUT2D eigenvalue weighted by molar-refractivity contribution is 5.20. The van der Waals surface area contributed by atoms with Gasteiger partial charge in [0.05, 0.1) is 13.1 Å². The number of furan rings is 1. The van der Waals surface area contributed by atoms with Crippen molar-refractivity contribution in [1.82, 2.24) is 10.2 Å². The van der Waals surface area contributed by atoms with E-state index in [0.29, 0.717) is 0 Å². The van der Waals surface area contributed by atoms with Gasteiger partial charge in [-0.1, -0.05) is 13.8 Å². The zero-order valence-corrected chi connectivity index (χ0v) is 11.4. The average molecular weight is 236 g/mol. The molecule has 0 bridgehead atoms. The van der Waals surface area contributed by atoms with Crippen LogP contribution in [0.25, 0.3) is 0 Å². The van der Waals surface area contributed by atoms with Crippen LogP contribution in [0.5, 0.6) is 0 Å². The Morgan fingerprint density at radius 3 is 2.59 bits per heavy atom. The normalized spacial score (nSPS) is 25.6. The van der Waals surface area contributed by atoms with Crippen LogP contribution < -0.4 is 5.32 Å². The third-order valence-electron chi connectivity index (χ3n) is 3.85. The lowest BCUT2D eigenvalue weighted by molar-refractivity contribution is 0.281. The first-order valence-corrected chi connectivity index (χ1v) is 6.55. The molecule has 0 aliphatic carbocycles. The molecule has 1 fully saturated rings. The van der Waals surface area contributed by atoms with Crippen LogP contribution in [0, 0.1) is 18.8 Å². The van der Waals surface area contributed by atoms with Gasteiger partial charge in [-0.2, -0.15) is 0 Å². The molecule has 1 aliphatic heterocycles. The minimum Gasteiger partial charge on any atom is -0.463 e. The topological polar surface area (TPSA) is 28.4 Å². The lowest BCUT2D eigenvalue weighted by Crippen LogP contribution is -2.19. The zero-order valence-electron chi connectivity index (χ0n) is 11.4. The van der Waals surface area contributed by atoms with Crippen molar-refractivity contribution in [3.63, 3.8) is 0 Å². The number of rotatable bonds is 4. The van der Waals surface area contributed by atoms with E-state index in [4.69, 9.17) is 4.42 Å². The van der Waals surface area contributed by atoms with Crippen LogP contribution in [-0.4, -0.2) is 25.0 Å². The third-order valence-corrected chi connectivity index (χ3v) is 3.85. The van der Waals surface area contributed by atoms with E-state index in [1.807, 2.05) is 7.05 Å². The molecule has 0 aromatic carbocycles. The van der Waals surface area contributed by atoms with Crippen LogP contribution in [0.3, 0.4) is 0 Å². The van der Waals surface area contributed by atoms with Gasteiger partial charge in [-0.15, -0.1) is 0 Å². The van der Waals surface area contributed by atoms with Gasteiger partial charge < -0.3 is 9.73 Å². The highest BCUT2D eigenvalue weighted by Gasteiger charge is 2.26. The number of likely N-dealkylation sites (tertiary alicyclic amines) is 1. The van der Waals surface area contributed by atoms with Crippen molar-refractivity contribution in [3.05, 3.63) is 23.2 Å². The van der Waals surface area contributed by atoms with Gasteiger partial charge in [-0.25, -0.2) is 0 Å². The number of nitrogens with zero attached hydrogens (tertiary/aromatic N) is 1. The smallest absolute Gasteiger partial charge is 0.120 e. The number of hydrogen-bond acceptors (Lipinski definition) is 3. The van der Waals surface area contributed by atoms with E-state index >= 15 is 0 Å². The standard InChI is InChI=1S/C14H24N2O/c1-10-5-13(17-14(10)6-15-4)9-16-7-11(2)12(3)8-16/h5,11-12,15H,6-9H2,1-4H3. The van der Waals surface area contributed by atoms with Crippen LogP contribution in [-0.2, 0) is 13.1 Å². The summed E-state index contributed by atoms with van der Waals surface area (Å²) < 4.78 is 5.88. The molecule has 3 heteroatoms. The summed E-state index contributed by atoms with van der Waals surface area (Å²) in [6.45, 7) is 11.0. The molecule has 0 saturated carbocycles. The van der Waals surface area contributed by atoms with Crippen molar-refractivity contribution in [2.75, 3.05) is 20.1 Å². The molecular formula is C14H24N2O. The molecule has 1 aromatic heterocycles. The molecule has 17 heavy (non-hydrogen) atoms. The number of nitrogens with one attached hydrogen (secondary N) is 1. The van der Waals surface area contributed by atoms with E-state index in [0.717, 1.165) is 36.4 Å². The van der Waals surface area contributed by atoms with Gasteiger partial charge in [-0.3, -0.25) is 4.90 Å². The Balaban J connectivity index is 1.97. The van der Waals surface area contributed by atoms with Crippen molar-refractivity contribution in [1.29, 1.82) is 0 Å². The highest BCUT2D eigenvalue weighted by Crippen LogP contribution is 2.25. The van der Waals surface area contributed by atoms with E-state index in [1.54, 1.807) is 0 Å². The summed E-state index contributed by atoms with van der Waals surface area (Å²) in [4.78, 5) is 2.50. The Hall–Kier alpha value is -0.800. The van der Waals surface area contributed by atoms with E-state index in [2.05, 4.69) is 37.1 Å². The second-order valence-corrected chi connectivity index (χ2v) is 5.50. The molecule has 96 valence electrons. The van der Waals surface area contributed by atoms with Crippen LogP contribution in [0.15, 0.2) is 10.5 Å². The van der Waals surface area contributed by atoms with Crippen LogP contribution in [0.2, 0.25) is 0 Å². The minimum absolute atomic E-state index is 0.808. The van der Waals surface area contributed by atoms with Crippen molar-refractivity contribution in [3.8, 4) is 0 Å². The van der Waals surface area contributed by atoms with Gasteiger partial charge in [0, 0.05) is 13.1 Å². The first-order chi connectivity index (χ1) is 8.10. The Bertz CT molecular complexity index is 362. The van der Waals surface area contributed by atoms with Gasteiger partial charge >= 0.3 is 0 Å². The summed E-state index contributed by atoms with van der Waals surface area (Å²) in [5.41, 5.74) is 1.26. The highest BCUT2D eigenvalue weighted by atomic mass is 16.3. The fourth-order valence-corrected chi connectivity index (χ4v) is 2.60. The SMILES string of the molecule is CNCc1oc(CN2CC(C)C(C)C2)cc1C. The summed E-state index contributed by atoms with van der Waals surface area (Å²) in [5.74, 6) is 3.79. The van der Waals surface area contributed by atoms with Gasteiger partial charge in [0.1, 0.15) is 11.5 Å². The molecular weight excluding hydrogens is 212 g/mol. The first kappa shape index (κ1) is 12.7. The summed E-state index contributed by atoms with van der Waals surface area (Å²) in [6, 6.07) is 2.18. The maximum absolute atomic E-state index is 5.88. The van der Waals surface area contributed by atoms with E-state index in [1.165, 1.54) is 18.7 Å². The number of hydrogen-bond donors (Lipinski definition) is 1. The maximum Gasteiger partial charge on any atom is 0.120 e. The van der Waals surface area contributed by atoms with Crippen LogP contribution in [0.4, 0.5) is 0 Å². The Morgan fingerprint density at radius 1 is 1.35 bits per heavy atom. The molecule has 3 nitrogen and oxygen atoms in total. The van der Waals surface area contributed by atoms with Crippen LogP contribution in [0.1, 0.15) is 30.9 Å². The Labute approximate surface area is 104 Å². The zero-order chi connectivity index (χ0) is 12.4.